The van der Waals surface area contributed by atoms with Crippen molar-refractivity contribution < 1.29 is 18.8 Å². The Labute approximate surface area is 127 Å². The van der Waals surface area contributed by atoms with Crippen LogP contribution in [0.2, 0.25) is 0 Å². The smallest absolute Gasteiger partial charge is 0.321 e. The first-order valence-electron chi connectivity index (χ1n) is 6.61. The number of hydrogen-bond donors (Lipinski definition) is 3. The molecule has 4 amide bonds. The maximum absolute atomic E-state index is 13.0. The molecule has 1 aromatic rings. The normalized spacial score (nSPS) is 11.7. The van der Waals surface area contributed by atoms with Gasteiger partial charge in [-0.05, 0) is 32.2 Å². The van der Waals surface area contributed by atoms with Gasteiger partial charge in [-0.15, -0.1) is 0 Å². The predicted molar refractivity (Wildman–Crippen MR) is 79.7 cm³/mol. The Morgan fingerprint density at radius 3 is 2.59 bits per heavy atom. The monoisotopic (exact) mass is 310 g/mol. The van der Waals surface area contributed by atoms with Crippen LogP contribution in [0.15, 0.2) is 24.3 Å². The number of amides is 4. The van der Waals surface area contributed by atoms with Crippen molar-refractivity contribution >= 4 is 23.5 Å². The van der Waals surface area contributed by atoms with Gasteiger partial charge in [0.05, 0.1) is 12.6 Å². The topological polar surface area (TPSA) is 90.5 Å². The van der Waals surface area contributed by atoms with Crippen LogP contribution in [-0.2, 0) is 9.59 Å². The molecule has 0 saturated heterocycles. The molecule has 0 bridgehead atoms. The Hall–Kier alpha value is -2.48. The van der Waals surface area contributed by atoms with Gasteiger partial charge in [-0.2, -0.15) is 0 Å². The summed E-state index contributed by atoms with van der Waals surface area (Å²) in [7, 11) is 2.96. The van der Waals surface area contributed by atoms with Crippen molar-refractivity contribution in [3.8, 4) is 0 Å². The molecule has 1 rings (SSSR count). The summed E-state index contributed by atoms with van der Waals surface area (Å²) in [5.74, 6) is -1.38. The molecule has 22 heavy (non-hydrogen) atoms. The Bertz CT molecular complexity index is 565. The molecule has 0 fully saturated rings. The minimum atomic E-state index is -0.685. The molecule has 120 valence electrons. The second-order valence-electron chi connectivity index (χ2n) is 4.72. The molecule has 0 aliphatic carbocycles. The summed E-state index contributed by atoms with van der Waals surface area (Å²) >= 11 is 0. The van der Waals surface area contributed by atoms with Gasteiger partial charge in [0.2, 0.25) is 11.8 Å². The average Bonchev–Trinajstić information content (AvgIpc) is 2.45. The highest BCUT2D eigenvalue weighted by Gasteiger charge is 2.21. The molecule has 0 aliphatic rings. The SMILES string of the molecule is CNC(=O)NC(=O)[C@H](C)N(C)CC(=O)Nc1cccc(F)c1. The summed E-state index contributed by atoms with van der Waals surface area (Å²) in [6, 6.07) is 4.20. The van der Waals surface area contributed by atoms with E-state index in [9.17, 15) is 18.8 Å². The number of rotatable bonds is 5. The maximum atomic E-state index is 13.0. The minimum Gasteiger partial charge on any atom is -0.341 e. The highest BCUT2D eigenvalue weighted by Crippen LogP contribution is 2.09. The maximum Gasteiger partial charge on any atom is 0.321 e. The number of hydrogen-bond acceptors (Lipinski definition) is 4. The lowest BCUT2D eigenvalue weighted by Crippen LogP contribution is -2.49. The van der Waals surface area contributed by atoms with Crippen LogP contribution in [0, 0.1) is 5.82 Å². The van der Waals surface area contributed by atoms with E-state index in [-0.39, 0.29) is 6.54 Å². The van der Waals surface area contributed by atoms with E-state index in [0.717, 1.165) is 0 Å². The first-order valence-corrected chi connectivity index (χ1v) is 6.61. The summed E-state index contributed by atoms with van der Waals surface area (Å²) in [4.78, 5) is 36.1. The molecule has 1 atom stereocenters. The Morgan fingerprint density at radius 2 is 2.00 bits per heavy atom. The zero-order valence-electron chi connectivity index (χ0n) is 12.6. The number of carbonyl (C=O) groups is 3. The van der Waals surface area contributed by atoms with Gasteiger partial charge in [0.25, 0.3) is 0 Å². The van der Waals surface area contributed by atoms with Crippen LogP contribution >= 0.6 is 0 Å². The first kappa shape index (κ1) is 17.6. The van der Waals surface area contributed by atoms with Crippen LogP contribution in [-0.4, -0.2) is 49.4 Å². The second-order valence-corrected chi connectivity index (χ2v) is 4.72. The van der Waals surface area contributed by atoms with Crippen molar-refractivity contribution in [2.45, 2.75) is 13.0 Å². The second kappa shape index (κ2) is 8.08. The number of carbonyl (C=O) groups excluding carboxylic acids is 3. The Morgan fingerprint density at radius 1 is 1.32 bits per heavy atom. The number of likely N-dealkylation sites (N-methyl/N-ethyl adjacent to an activating group) is 1. The number of halogens is 1. The van der Waals surface area contributed by atoms with Crippen molar-refractivity contribution in [2.75, 3.05) is 26.0 Å². The van der Waals surface area contributed by atoms with Crippen molar-refractivity contribution in [1.82, 2.24) is 15.5 Å². The number of nitrogens with zero attached hydrogens (tertiary/aromatic N) is 1. The van der Waals surface area contributed by atoms with Gasteiger partial charge in [-0.25, -0.2) is 9.18 Å². The lowest BCUT2D eigenvalue weighted by Gasteiger charge is -2.22. The van der Waals surface area contributed by atoms with E-state index in [2.05, 4.69) is 16.0 Å². The summed E-state index contributed by atoms with van der Waals surface area (Å²) < 4.78 is 13.0. The third-order valence-electron chi connectivity index (χ3n) is 3.01. The Balaban J connectivity index is 2.52. The van der Waals surface area contributed by atoms with Crippen LogP contribution in [0.3, 0.4) is 0 Å². The molecular weight excluding hydrogens is 291 g/mol. The van der Waals surface area contributed by atoms with E-state index >= 15 is 0 Å². The first-order chi connectivity index (χ1) is 10.3. The molecule has 0 spiro atoms. The highest BCUT2D eigenvalue weighted by molar-refractivity contribution is 5.97. The fourth-order valence-electron chi connectivity index (χ4n) is 1.61. The van der Waals surface area contributed by atoms with E-state index in [1.807, 2.05) is 0 Å². The van der Waals surface area contributed by atoms with Gasteiger partial charge < -0.3 is 10.6 Å². The van der Waals surface area contributed by atoms with Gasteiger partial charge in [0.1, 0.15) is 5.82 Å². The Kier molecular flexibility index (Phi) is 6.46. The fourth-order valence-corrected chi connectivity index (χ4v) is 1.61. The predicted octanol–water partition coefficient (Wildman–Crippen LogP) is 0.540. The lowest BCUT2D eigenvalue weighted by molar-refractivity contribution is -0.125. The van der Waals surface area contributed by atoms with Crippen LogP contribution in [0.4, 0.5) is 14.9 Å². The van der Waals surface area contributed by atoms with Gasteiger partial charge in [0, 0.05) is 12.7 Å². The molecule has 0 radical (unpaired) electrons. The van der Waals surface area contributed by atoms with Crippen molar-refractivity contribution in [3.05, 3.63) is 30.1 Å². The summed E-state index contributed by atoms with van der Waals surface area (Å²) in [6.45, 7) is 1.48. The molecule has 0 aromatic heterocycles. The molecule has 0 aliphatic heterocycles. The van der Waals surface area contributed by atoms with E-state index < -0.39 is 29.7 Å². The van der Waals surface area contributed by atoms with Gasteiger partial charge in [0.15, 0.2) is 0 Å². The van der Waals surface area contributed by atoms with Crippen LogP contribution in [0.1, 0.15) is 6.92 Å². The van der Waals surface area contributed by atoms with E-state index in [1.165, 1.54) is 30.1 Å². The fraction of sp³-hybridized carbons (Fsp3) is 0.357. The van der Waals surface area contributed by atoms with Gasteiger partial charge >= 0.3 is 6.03 Å². The number of nitrogens with one attached hydrogen (secondary N) is 3. The molecule has 0 saturated carbocycles. The van der Waals surface area contributed by atoms with Crippen molar-refractivity contribution in [2.24, 2.45) is 0 Å². The van der Waals surface area contributed by atoms with E-state index in [0.29, 0.717) is 5.69 Å². The van der Waals surface area contributed by atoms with Crippen LogP contribution in [0.5, 0.6) is 0 Å². The summed E-state index contributed by atoms with van der Waals surface area (Å²) in [5, 5.41) is 6.92. The van der Waals surface area contributed by atoms with Crippen LogP contribution in [0.25, 0.3) is 0 Å². The molecule has 1 aromatic carbocycles. The number of anilines is 1. The summed E-state index contributed by atoms with van der Waals surface area (Å²) in [6.07, 6.45) is 0. The molecule has 3 N–H and O–H groups in total. The van der Waals surface area contributed by atoms with Crippen molar-refractivity contribution in [1.29, 1.82) is 0 Å². The van der Waals surface area contributed by atoms with E-state index in [4.69, 9.17) is 0 Å². The third-order valence-corrected chi connectivity index (χ3v) is 3.01. The zero-order chi connectivity index (χ0) is 16.7. The molecular formula is C14H19FN4O3. The molecule has 0 unspecified atom stereocenters. The number of imide groups is 1. The molecule has 8 heteroatoms. The summed E-state index contributed by atoms with van der Waals surface area (Å²) in [5.41, 5.74) is 0.334. The average molecular weight is 310 g/mol. The van der Waals surface area contributed by atoms with E-state index in [1.54, 1.807) is 20.0 Å². The number of urea groups is 1. The number of benzene rings is 1. The highest BCUT2D eigenvalue weighted by atomic mass is 19.1. The molecule has 0 heterocycles. The largest absolute Gasteiger partial charge is 0.341 e. The minimum absolute atomic E-state index is 0.0845. The molecule has 7 nitrogen and oxygen atoms in total. The zero-order valence-corrected chi connectivity index (χ0v) is 12.6. The lowest BCUT2D eigenvalue weighted by atomic mass is 10.2. The van der Waals surface area contributed by atoms with Gasteiger partial charge in [-0.1, -0.05) is 6.07 Å². The standard InChI is InChI=1S/C14H19FN4O3/c1-9(13(21)18-14(22)16-2)19(3)8-12(20)17-11-6-4-5-10(15)7-11/h4-7,9H,8H2,1-3H3,(H,17,20)(H2,16,18,21,22)/t9-/m0/s1. The van der Waals surface area contributed by atoms with Crippen molar-refractivity contribution in [3.63, 3.8) is 0 Å². The quantitative estimate of drug-likeness (QED) is 0.740. The third kappa shape index (κ3) is 5.49. The van der Waals surface area contributed by atoms with Crippen LogP contribution < -0.4 is 16.0 Å². The van der Waals surface area contributed by atoms with Gasteiger partial charge in [-0.3, -0.25) is 19.8 Å².